The number of halogens is 1. The Morgan fingerprint density at radius 3 is 2.71 bits per heavy atom. The van der Waals surface area contributed by atoms with Crippen LogP contribution in [-0.4, -0.2) is 31.9 Å². The number of nitrogens with zero attached hydrogens (tertiary/aromatic N) is 1. The lowest BCUT2D eigenvalue weighted by molar-refractivity contribution is 0.196. The lowest BCUT2D eigenvalue weighted by Gasteiger charge is -2.26. The third-order valence-electron chi connectivity index (χ3n) is 2.73. The molecule has 0 aliphatic rings. The Morgan fingerprint density at radius 2 is 2.18 bits per heavy atom. The normalized spacial score (nSPS) is 12.5. The number of aliphatic hydroxyl groups excluding tert-OH is 1. The van der Waals surface area contributed by atoms with Gasteiger partial charge in [0.25, 0.3) is 0 Å². The van der Waals surface area contributed by atoms with Crippen molar-refractivity contribution in [2.75, 3.05) is 31.7 Å². The Balaban J connectivity index is 3.07. The molecular weight excluding hydrogens is 221 g/mol. The minimum atomic E-state index is -0.683. The molecule has 96 valence electrons. The average Bonchev–Trinajstić information content (AvgIpc) is 2.31. The molecule has 1 aromatic carbocycles. The first-order valence-electron chi connectivity index (χ1n) is 5.82. The van der Waals surface area contributed by atoms with E-state index in [1.807, 2.05) is 11.8 Å². The van der Waals surface area contributed by atoms with E-state index in [0.717, 1.165) is 0 Å². The zero-order valence-corrected chi connectivity index (χ0v) is 10.6. The summed E-state index contributed by atoms with van der Waals surface area (Å²) in [6.45, 7) is 5.40. The number of hydrogen-bond donors (Lipinski definition) is 1. The number of aliphatic hydroxyl groups is 1. The molecule has 0 aliphatic heterocycles. The summed E-state index contributed by atoms with van der Waals surface area (Å²) >= 11 is 0. The van der Waals surface area contributed by atoms with Crippen molar-refractivity contribution in [1.29, 1.82) is 0 Å². The second kappa shape index (κ2) is 6.57. The van der Waals surface area contributed by atoms with Gasteiger partial charge >= 0.3 is 0 Å². The van der Waals surface area contributed by atoms with Gasteiger partial charge in [-0.1, -0.05) is 12.1 Å². The van der Waals surface area contributed by atoms with E-state index < -0.39 is 6.10 Å². The van der Waals surface area contributed by atoms with Gasteiger partial charge in [0.05, 0.1) is 18.4 Å². The SMILES string of the molecule is CCN(CCOC)c1c(F)cccc1C(C)O. The van der Waals surface area contributed by atoms with Crippen molar-refractivity contribution in [2.24, 2.45) is 0 Å². The van der Waals surface area contributed by atoms with Crippen LogP contribution < -0.4 is 4.90 Å². The summed E-state index contributed by atoms with van der Waals surface area (Å²) in [5, 5.41) is 9.67. The summed E-state index contributed by atoms with van der Waals surface area (Å²) in [6.07, 6.45) is -0.683. The Labute approximate surface area is 102 Å². The van der Waals surface area contributed by atoms with Crippen molar-refractivity contribution in [3.05, 3.63) is 29.6 Å². The van der Waals surface area contributed by atoms with Gasteiger partial charge in [0, 0.05) is 25.8 Å². The fourth-order valence-electron chi connectivity index (χ4n) is 1.83. The van der Waals surface area contributed by atoms with Crippen molar-refractivity contribution in [3.8, 4) is 0 Å². The van der Waals surface area contributed by atoms with Crippen LogP contribution in [0, 0.1) is 5.82 Å². The van der Waals surface area contributed by atoms with E-state index in [9.17, 15) is 9.50 Å². The van der Waals surface area contributed by atoms with Gasteiger partial charge in [0.15, 0.2) is 0 Å². The van der Waals surface area contributed by atoms with Gasteiger partial charge in [-0.3, -0.25) is 0 Å². The van der Waals surface area contributed by atoms with Crippen LogP contribution in [0.15, 0.2) is 18.2 Å². The number of likely N-dealkylation sites (N-methyl/N-ethyl adjacent to an activating group) is 1. The molecule has 1 aromatic rings. The molecule has 0 radical (unpaired) electrons. The van der Waals surface area contributed by atoms with E-state index in [2.05, 4.69) is 0 Å². The molecular formula is C13H20FNO2. The first-order valence-corrected chi connectivity index (χ1v) is 5.82. The number of rotatable bonds is 6. The highest BCUT2D eigenvalue weighted by Crippen LogP contribution is 2.29. The molecule has 3 nitrogen and oxygen atoms in total. The number of para-hydroxylation sites is 1. The molecule has 0 saturated heterocycles. The Bertz CT molecular complexity index is 355. The highest BCUT2D eigenvalue weighted by Gasteiger charge is 2.17. The number of ether oxygens (including phenoxy) is 1. The zero-order valence-electron chi connectivity index (χ0n) is 10.6. The van der Waals surface area contributed by atoms with Crippen LogP contribution in [0.3, 0.4) is 0 Å². The predicted octanol–water partition coefficient (Wildman–Crippen LogP) is 2.35. The van der Waals surface area contributed by atoms with E-state index >= 15 is 0 Å². The van der Waals surface area contributed by atoms with E-state index in [0.29, 0.717) is 30.9 Å². The molecule has 1 N–H and O–H groups in total. The van der Waals surface area contributed by atoms with Gasteiger partial charge in [-0.15, -0.1) is 0 Å². The van der Waals surface area contributed by atoms with Crippen LogP contribution in [0.1, 0.15) is 25.5 Å². The molecule has 0 amide bonds. The molecule has 4 heteroatoms. The first kappa shape index (κ1) is 13.9. The predicted molar refractivity (Wildman–Crippen MR) is 66.8 cm³/mol. The summed E-state index contributed by atoms with van der Waals surface area (Å²) in [6, 6.07) is 4.78. The van der Waals surface area contributed by atoms with Crippen molar-refractivity contribution in [2.45, 2.75) is 20.0 Å². The number of hydrogen-bond acceptors (Lipinski definition) is 3. The molecule has 17 heavy (non-hydrogen) atoms. The minimum Gasteiger partial charge on any atom is -0.389 e. The smallest absolute Gasteiger partial charge is 0.146 e. The summed E-state index contributed by atoms with van der Waals surface area (Å²) in [5.74, 6) is -0.304. The molecule has 0 bridgehead atoms. The largest absolute Gasteiger partial charge is 0.389 e. The van der Waals surface area contributed by atoms with E-state index in [-0.39, 0.29) is 5.82 Å². The molecule has 0 heterocycles. The number of anilines is 1. The number of methoxy groups -OCH3 is 1. The fourth-order valence-corrected chi connectivity index (χ4v) is 1.83. The fraction of sp³-hybridized carbons (Fsp3) is 0.538. The van der Waals surface area contributed by atoms with Crippen molar-refractivity contribution >= 4 is 5.69 Å². The van der Waals surface area contributed by atoms with Gasteiger partial charge in [-0.05, 0) is 19.9 Å². The maximum absolute atomic E-state index is 13.9. The third kappa shape index (κ3) is 3.41. The molecule has 1 unspecified atom stereocenters. The molecule has 0 saturated carbocycles. The summed E-state index contributed by atoms with van der Waals surface area (Å²) < 4.78 is 18.9. The summed E-state index contributed by atoms with van der Waals surface area (Å²) in [4.78, 5) is 1.88. The van der Waals surface area contributed by atoms with Crippen LogP contribution in [0.4, 0.5) is 10.1 Å². The topological polar surface area (TPSA) is 32.7 Å². The molecule has 0 aromatic heterocycles. The van der Waals surface area contributed by atoms with Crippen molar-refractivity contribution in [1.82, 2.24) is 0 Å². The average molecular weight is 241 g/mol. The van der Waals surface area contributed by atoms with Gasteiger partial charge in [-0.2, -0.15) is 0 Å². The van der Waals surface area contributed by atoms with Crippen molar-refractivity contribution < 1.29 is 14.2 Å². The quantitative estimate of drug-likeness (QED) is 0.830. The maximum atomic E-state index is 13.9. The lowest BCUT2D eigenvalue weighted by Crippen LogP contribution is -2.29. The molecule has 1 rings (SSSR count). The second-order valence-corrected chi connectivity index (χ2v) is 3.93. The van der Waals surface area contributed by atoms with Crippen LogP contribution in [-0.2, 0) is 4.74 Å². The monoisotopic (exact) mass is 241 g/mol. The molecule has 0 fully saturated rings. The van der Waals surface area contributed by atoms with Crippen LogP contribution in [0.25, 0.3) is 0 Å². The van der Waals surface area contributed by atoms with Gasteiger partial charge in [-0.25, -0.2) is 4.39 Å². The first-order chi connectivity index (χ1) is 8.11. The zero-order chi connectivity index (χ0) is 12.8. The van der Waals surface area contributed by atoms with Crippen molar-refractivity contribution in [3.63, 3.8) is 0 Å². The lowest BCUT2D eigenvalue weighted by atomic mass is 10.1. The molecule has 0 spiro atoms. The third-order valence-corrected chi connectivity index (χ3v) is 2.73. The second-order valence-electron chi connectivity index (χ2n) is 3.93. The standard InChI is InChI=1S/C13H20FNO2/c1-4-15(8-9-17-3)13-11(10(2)16)6-5-7-12(13)14/h5-7,10,16H,4,8-9H2,1-3H3. The van der Waals surface area contributed by atoms with Gasteiger partial charge in [0.2, 0.25) is 0 Å². The Kier molecular flexibility index (Phi) is 5.38. The van der Waals surface area contributed by atoms with Crippen LogP contribution in [0.2, 0.25) is 0 Å². The highest BCUT2D eigenvalue weighted by molar-refractivity contribution is 5.55. The maximum Gasteiger partial charge on any atom is 0.146 e. The van der Waals surface area contributed by atoms with Crippen LogP contribution in [0.5, 0.6) is 0 Å². The van der Waals surface area contributed by atoms with E-state index in [4.69, 9.17) is 4.74 Å². The molecule has 0 aliphatic carbocycles. The molecule has 1 atom stereocenters. The Hall–Kier alpha value is -1.13. The number of benzene rings is 1. The van der Waals surface area contributed by atoms with Gasteiger partial charge in [0.1, 0.15) is 5.82 Å². The van der Waals surface area contributed by atoms with Crippen LogP contribution >= 0.6 is 0 Å². The summed E-state index contributed by atoms with van der Waals surface area (Å²) in [5.41, 5.74) is 1.09. The van der Waals surface area contributed by atoms with Gasteiger partial charge < -0.3 is 14.7 Å². The highest BCUT2D eigenvalue weighted by atomic mass is 19.1. The van der Waals surface area contributed by atoms with E-state index in [1.54, 1.807) is 26.2 Å². The van der Waals surface area contributed by atoms with E-state index in [1.165, 1.54) is 6.07 Å². The Morgan fingerprint density at radius 1 is 1.47 bits per heavy atom. The summed E-state index contributed by atoms with van der Waals surface area (Å²) in [7, 11) is 1.62. The minimum absolute atomic E-state index is 0.304.